The predicted molar refractivity (Wildman–Crippen MR) is 151 cm³/mol. The molecule has 0 spiro atoms. The number of carbonyl (C=O) groups is 1. The van der Waals surface area contributed by atoms with Crippen LogP contribution in [0.5, 0.6) is 5.75 Å². The van der Waals surface area contributed by atoms with Crippen LogP contribution in [0.2, 0.25) is 0 Å². The predicted octanol–water partition coefficient (Wildman–Crippen LogP) is 4.12. The molecule has 0 unspecified atom stereocenters. The molecule has 0 bridgehead atoms. The first-order valence-electron chi connectivity index (χ1n) is 12.6. The van der Waals surface area contributed by atoms with Crippen molar-refractivity contribution in [2.45, 2.75) is 0 Å². The number of amides is 1. The van der Waals surface area contributed by atoms with Crippen molar-refractivity contribution in [3.8, 4) is 16.9 Å². The lowest BCUT2D eigenvalue weighted by atomic mass is 10.00. The van der Waals surface area contributed by atoms with Gasteiger partial charge in [0.1, 0.15) is 17.9 Å². The SMILES string of the molecule is NC(=O)CNCCOc1ccc(-c2cccc3c(=O)cc(N4CCOCC4)oc23)c2sc3ccccc3c12. The maximum Gasteiger partial charge on any atom is 0.231 e. The zero-order valence-corrected chi connectivity index (χ0v) is 21.5. The fourth-order valence-corrected chi connectivity index (χ4v) is 6.14. The summed E-state index contributed by atoms with van der Waals surface area (Å²) in [5.41, 5.74) is 7.56. The maximum absolute atomic E-state index is 13.1. The number of primary amides is 1. The minimum Gasteiger partial charge on any atom is -0.492 e. The van der Waals surface area contributed by atoms with Crippen LogP contribution in [-0.2, 0) is 9.53 Å². The normalized spacial score (nSPS) is 13.9. The van der Waals surface area contributed by atoms with Gasteiger partial charge in [0.25, 0.3) is 0 Å². The Hall–Kier alpha value is -3.92. The Bertz CT molecular complexity index is 1700. The summed E-state index contributed by atoms with van der Waals surface area (Å²) >= 11 is 1.69. The lowest BCUT2D eigenvalue weighted by Gasteiger charge is -2.27. The monoisotopic (exact) mass is 529 g/mol. The van der Waals surface area contributed by atoms with E-state index >= 15 is 0 Å². The molecule has 0 aliphatic carbocycles. The van der Waals surface area contributed by atoms with Crippen LogP contribution >= 0.6 is 11.3 Å². The highest BCUT2D eigenvalue weighted by Crippen LogP contribution is 2.45. The average Bonchev–Trinajstić information content (AvgIpc) is 3.33. The Balaban J connectivity index is 1.47. The third-order valence-electron chi connectivity index (χ3n) is 6.68. The van der Waals surface area contributed by atoms with Crippen LogP contribution < -0.4 is 26.1 Å². The van der Waals surface area contributed by atoms with Gasteiger partial charge in [-0.05, 0) is 24.3 Å². The Morgan fingerprint density at radius 3 is 2.68 bits per heavy atom. The van der Waals surface area contributed by atoms with Crippen LogP contribution in [0.25, 0.3) is 42.3 Å². The number of morpholine rings is 1. The second-order valence-corrected chi connectivity index (χ2v) is 10.2. The van der Waals surface area contributed by atoms with E-state index < -0.39 is 5.91 Å². The molecule has 194 valence electrons. The Kier molecular flexibility index (Phi) is 6.71. The molecule has 5 aromatic rings. The van der Waals surface area contributed by atoms with E-state index in [1.165, 1.54) is 0 Å². The van der Waals surface area contributed by atoms with Crippen molar-refractivity contribution in [3.63, 3.8) is 0 Å². The number of nitrogens with zero attached hydrogens (tertiary/aromatic N) is 1. The largest absolute Gasteiger partial charge is 0.492 e. The van der Waals surface area contributed by atoms with Gasteiger partial charge in [-0.2, -0.15) is 0 Å². The molecule has 0 radical (unpaired) electrons. The quantitative estimate of drug-likeness (QED) is 0.291. The maximum atomic E-state index is 13.1. The summed E-state index contributed by atoms with van der Waals surface area (Å²) in [6.07, 6.45) is 0. The van der Waals surface area contributed by atoms with Gasteiger partial charge < -0.3 is 29.8 Å². The van der Waals surface area contributed by atoms with Gasteiger partial charge in [0.15, 0.2) is 11.3 Å². The first kappa shape index (κ1) is 24.4. The molecule has 3 aromatic carbocycles. The molecule has 8 nitrogen and oxygen atoms in total. The number of nitrogens with one attached hydrogen (secondary N) is 1. The molecule has 6 rings (SSSR count). The number of rotatable bonds is 8. The van der Waals surface area contributed by atoms with Crippen LogP contribution in [0.1, 0.15) is 0 Å². The molecule has 9 heteroatoms. The van der Waals surface area contributed by atoms with Crippen molar-refractivity contribution < 1.29 is 18.7 Å². The second kappa shape index (κ2) is 10.4. The van der Waals surface area contributed by atoms with Crippen molar-refractivity contribution >= 4 is 54.3 Å². The molecule has 1 fully saturated rings. The number of fused-ring (bicyclic) bond motifs is 4. The van der Waals surface area contributed by atoms with E-state index in [2.05, 4.69) is 22.3 Å². The van der Waals surface area contributed by atoms with E-state index in [-0.39, 0.29) is 12.0 Å². The summed E-state index contributed by atoms with van der Waals surface area (Å²) in [6, 6.07) is 19.5. The summed E-state index contributed by atoms with van der Waals surface area (Å²) in [6.45, 7) is 3.55. The molecular formula is C29H27N3O5S. The summed E-state index contributed by atoms with van der Waals surface area (Å²) in [5.74, 6) is 0.922. The molecule has 3 heterocycles. The van der Waals surface area contributed by atoms with Gasteiger partial charge >= 0.3 is 0 Å². The number of thiophene rings is 1. The number of hydrogen-bond donors (Lipinski definition) is 2. The van der Waals surface area contributed by atoms with Gasteiger partial charge in [0.05, 0.1) is 25.1 Å². The first-order chi connectivity index (χ1) is 18.6. The highest BCUT2D eigenvalue weighted by Gasteiger charge is 2.20. The van der Waals surface area contributed by atoms with Crippen LogP contribution in [0.3, 0.4) is 0 Å². The van der Waals surface area contributed by atoms with Crippen LogP contribution in [0.15, 0.2) is 69.9 Å². The molecule has 1 aliphatic rings. The molecule has 3 N–H and O–H groups in total. The van der Waals surface area contributed by atoms with E-state index in [1.54, 1.807) is 17.4 Å². The Morgan fingerprint density at radius 1 is 1.03 bits per heavy atom. The molecular weight excluding hydrogens is 502 g/mol. The number of ether oxygens (including phenoxy) is 2. The third kappa shape index (κ3) is 4.60. The number of hydrogen-bond acceptors (Lipinski definition) is 8. The van der Waals surface area contributed by atoms with Gasteiger partial charge in [0.2, 0.25) is 5.91 Å². The molecule has 1 saturated heterocycles. The Morgan fingerprint density at radius 2 is 1.84 bits per heavy atom. The van der Waals surface area contributed by atoms with Crippen molar-refractivity contribution in [1.82, 2.24) is 5.32 Å². The molecule has 0 saturated carbocycles. The van der Waals surface area contributed by atoms with E-state index in [4.69, 9.17) is 19.6 Å². The number of para-hydroxylation sites is 1. The molecule has 2 aromatic heterocycles. The van der Waals surface area contributed by atoms with E-state index in [0.717, 1.165) is 37.0 Å². The van der Waals surface area contributed by atoms with E-state index in [1.807, 2.05) is 42.5 Å². The fourth-order valence-electron chi connectivity index (χ4n) is 4.89. The zero-order chi connectivity index (χ0) is 26.1. The van der Waals surface area contributed by atoms with E-state index in [9.17, 15) is 9.59 Å². The van der Waals surface area contributed by atoms with Crippen LogP contribution in [-0.4, -0.2) is 51.9 Å². The minimum absolute atomic E-state index is 0.0643. The van der Waals surface area contributed by atoms with Gasteiger partial charge in [-0.1, -0.05) is 30.3 Å². The lowest BCUT2D eigenvalue weighted by molar-refractivity contribution is -0.117. The smallest absolute Gasteiger partial charge is 0.231 e. The number of carbonyl (C=O) groups excluding carboxylic acids is 1. The van der Waals surface area contributed by atoms with Crippen LogP contribution in [0.4, 0.5) is 5.88 Å². The molecule has 38 heavy (non-hydrogen) atoms. The fraction of sp³-hybridized carbons (Fsp3) is 0.241. The number of benzene rings is 3. The number of nitrogens with two attached hydrogens (primary N) is 1. The van der Waals surface area contributed by atoms with Gasteiger partial charge in [-0.3, -0.25) is 9.59 Å². The van der Waals surface area contributed by atoms with Crippen molar-refractivity contribution in [3.05, 3.63) is 70.9 Å². The highest BCUT2D eigenvalue weighted by atomic mass is 32.1. The topological polar surface area (TPSA) is 107 Å². The molecule has 0 atom stereocenters. The minimum atomic E-state index is -0.404. The van der Waals surface area contributed by atoms with Gasteiger partial charge in [0, 0.05) is 57.0 Å². The van der Waals surface area contributed by atoms with Gasteiger partial charge in [-0.15, -0.1) is 11.3 Å². The average molecular weight is 530 g/mol. The summed E-state index contributed by atoms with van der Waals surface area (Å²) in [4.78, 5) is 26.2. The van der Waals surface area contributed by atoms with Gasteiger partial charge in [-0.25, -0.2) is 0 Å². The Labute approximate surface area is 222 Å². The van der Waals surface area contributed by atoms with Crippen LogP contribution in [0, 0.1) is 0 Å². The highest BCUT2D eigenvalue weighted by molar-refractivity contribution is 7.26. The lowest BCUT2D eigenvalue weighted by Crippen LogP contribution is -2.36. The van der Waals surface area contributed by atoms with Crippen molar-refractivity contribution in [2.75, 3.05) is 50.9 Å². The summed E-state index contributed by atoms with van der Waals surface area (Å²) in [7, 11) is 0. The standard InChI is InChI=1S/C29H27N3O5S/c30-25(34)17-31-10-13-36-23-9-8-19(29-27(23)21-4-1-2-7-24(21)38-29)18-5-3-6-20-22(33)16-26(37-28(18)20)32-11-14-35-15-12-32/h1-9,16,31H,10-15,17H2,(H2,30,34). The molecule has 1 amide bonds. The third-order valence-corrected chi connectivity index (χ3v) is 7.88. The van der Waals surface area contributed by atoms with Crippen molar-refractivity contribution in [1.29, 1.82) is 0 Å². The molecule has 1 aliphatic heterocycles. The van der Waals surface area contributed by atoms with Crippen molar-refractivity contribution in [2.24, 2.45) is 5.73 Å². The first-order valence-corrected chi connectivity index (χ1v) is 13.4. The zero-order valence-electron chi connectivity index (χ0n) is 20.7. The van der Waals surface area contributed by atoms with E-state index in [0.29, 0.717) is 56.3 Å². The summed E-state index contributed by atoms with van der Waals surface area (Å²) in [5, 5.41) is 5.65. The second-order valence-electron chi connectivity index (χ2n) is 9.14. The number of anilines is 1. The summed E-state index contributed by atoms with van der Waals surface area (Å²) < 4.78 is 20.3.